The molecule has 0 spiro atoms. The van der Waals surface area contributed by atoms with Crippen LogP contribution < -0.4 is 5.32 Å². The summed E-state index contributed by atoms with van der Waals surface area (Å²) in [5, 5.41) is 2.64. The molecule has 2 atom stereocenters. The average Bonchev–Trinajstić information content (AvgIpc) is 2.87. The highest BCUT2D eigenvalue weighted by Crippen LogP contribution is 2.27. The van der Waals surface area contributed by atoms with E-state index in [2.05, 4.69) is 11.9 Å². The molecule has 1 aromatic rings. The van der Waals surface area contributed by atoms with Crippen molar-refractivity contribution in [1.29, 1.82) is 0 Å². The lowest BCUT2D eigenvalue weighted by Crippen LogP contribution is -2.45. The van der Waals surface area contributed by atoms with Crippen LogP contribution in [0.25, 0.3) is 0 Å². The molecule has 0 saturated carbocycles. The number of anilines is 1. The molecule has 0 bridgehead atoms. The van der Waals surface area contributed by atoms with Gasteiger partial charge in [0, 0.05) is 12.3 Å². The third-order valence-electron chi connectivity index (χ3n) is 3.94. The minimum absolute atomic E-state index is 0.0543. The summed E-state index contributed by atoms with van der Waals surface area (Å²) in [7, 11) is -3.46. The Morgan fingerprint density at radius 1 is 1.30 bits per heavy atom. The fourth-order valence-corrected chi connectivity index (χ4v) is 3.67. The van der Waals surface area contributed by atoms with Crippen LogP contribution in [0.3, 0.4) is 0 Å². The summed E-state index contributed by atoms with van der Waals surface area (Å²) in [6.45, 7) is 5.34. The van der Waals surface area contributed by atoms with Crippen LogP contribution in [0.15, 0.2) is 41.8 Å². The first-order valence-corrected chi connectivity index (χ1v) is 9.19. The molecule has 0 aliphatic carbocycles. The van der Waals surface area contributed by atoms with E-state index in [9.17, 15) is 18.0 Å². The van der Waals surface area contributed by atoms with Crippen molar-refractivity contribution >= 4 is 27.3 Å². The maximum absolute atomic E-state index is 12.5. The maximum atomic E-state index is 12.5. The quantitative estimate of drug-likeness (QED) is 0.847. The standard InChI is InChI=1S/C16H20N2O4S/c1-4-15(19)18-11(2)9-10-13(18)16(20)17-12-7-5-6-8-14(12)23(3,21)22/h4-8,11,13H,1,9-10H2,2-3H3,(H,17,20)/t11-,13-/m0/s1. The summed E-state index contributed by atoms with van der Waals surface area (Å²) in [6.07, 6.45) is 3.52. The summed E-state index contributed by atoms with van der Waals surface area (Å²) in [4.78, 5) is 26.0. The van der Waals surface area contributed by atoms with Crippen molar-refractivity contribution in [2.24, 2.45) is 0 Å². The van der Waals surface area contributed by atoms with Gasteiger partial charge in [-0.3, -0.25) is 9.59 Å². The summed E-state index contributed by atoms with van der Waals surface area (Å²) in [5.41, 5.74) is 0.227. The molecule has 0 unspecified atom stereocenters. The van der Waals surface area contributed by atoms with Gasteiger partial charge in [0.25, 0.3) is 0 Å². The lowest BCUT2D eigenvalue weighted by Gasteiger charge is -2.26. The molecule has 1 N–H and O–H groups in total. The maximum Gasteiger partial charge on any atom is 0.247 e. The zero-order chi connectivity index (χ0) is 17.2. The highest BCUT2D eigenvalue weighted by molar-refractivity contribution is 7.90. The summed E-state index contributed by atoms with van der Waals surface area (Å²) < 4.78 is 23.6. The molecule has 7 heteroatoms. The minimum Gasteiger partial charge on any atom is -0.324 e. The van der Waals surface area contributed by atoms with Crippen LogP contribution in [-0.4, -0.2) is 43.5 Å². The van der Waals surface area contributed by atoms with Gasteiger partial charge in [-0.25, -0.2) is 8.42 Å². The van der Waals surface area contributed by atoms with E-state index in [1.165, 1.54) is 23.1 Å². The molecule has 23 heavy (non-hydrogen) atoms. The highest BCUT2D eigenvalue weighted by Gasteiger charge is 2.38. The Morgan fingerprint density at radius 3 is 2.57 bits per heavy atom. The van der Waals surface area contributed by atoms with Gasteiger partial charge >= 0.3 is 0 Å². The van der Waals surface area contributed by atoms with Gasteiger partial charge in [-0.2, -0.15) is 0 Å². The number of likely N-dealkylation sites (tertiary alicyclic amines) is 1. The summed E-state index contributed by atoms with van der Waals surface area (Å²) >= 11 is 0. The molecule has 1 aliphatic rings. The van der Waals surface area contributed by atoms with Crippen molar-refractivity contribution in [3.05, 3.63) is 36.9 Å². The molecule has 0 aromatic heterocycles. The zero-order valence-corrected chi connectivity index (χ0v) is 14.0. The number of nitrogens with one attached hydrogen (secondary N) is 1. The van der Waals surface area contributed by atoms with Gasteiger partial charge in [-0.05, 0) is 38.0 Å². The number of hydrogen-bond acceptors (Lipinski definition) is 4. The zero-order valence-electron chi connectivity index (χ0n) is 13.2. The predicted molar refractivity (Wildman–Crippen MR) is 87.7 cm³/mol. The van der Waals surface area contributed by atoms with Crippen molar-refractivity contribution in [3.8, 4) is 0 Å². The van der Waals surface area contributed by atoms with E-state index in [0.717, 1.165) is 6.26 Å². The van der Waals surface area contributed by atoms with Gasteiger partial charge < -0.3 is 10.2 Å². The number of carbonyl (C=O) groups is 2. The Kier molecular flexibility index (Phi) is 4.89. The van der Waals surface area contributed by atoms with E-state index in [1.807, 2.05) is 6.92 Å². The first-order valence-electron chi connectivity index (χ1n) is 7.30. The number of amides is 2. The molecule has 6 nitrogen and oxygen atoms in total. The van der Waals surface area contributed by atoms with Crippen molar-refractivity contribution in [1.82, 2.24) is 4.90 Å². The molecule has 1 aromatic carbocycles. The van der Waals surface area contributed by atoms with Crippen molar-refractivity contribution in [2.45, 2.75) is 36.7 Å². The molecule has 2 rings (SSSR count). The predicted octanol–water partition coefficient (Wildman–Crippen LogP) is 1.59. The monoisotopic (exact) mass is 336 g/mol. The minimum atomic E-state index is -3.46. The molecule has 1 fully saturated rings. The first-order chi connectivity index (χ1) is 10.8. The van der Waals surface area contributed by atoms with Crippen LogP contribution in [0.2, 0.25) is 0 Å². The second-order valence-electron chi connectivity index (χ2n) is 5.65. The van der Waals surface area contributed by atoms with Crippen LogP contribution in [0.1, 0.15) is 19.8 Å². The number of benzene rings is 1. The van der Waals surface area contributed by atoms with E-state index in [0.29, 0.717) is 12.8 Å². The van der Waals surface area contributed by atoms with Gasteiger partial charge in [-0.15, -0.1) is 0 Å². The number of sulfone groups is 1. The normalized spacial score (nSPS) is 21.0. The number of rotatable bonds is 4. The lowest BCUT2D eigenvalue weighted by atomic mass is 10.2. The molecule has 0 radical (unpaired) electrons. The van der Waals surface area contributed by atoms with E-state index >= 15 is 0 Å². The second-order valence-corrected chi connectivity index (χ2v) is 7.63. The Morgan fingerprint density at radius 2 is 1.96 bits per heavy atom. The molecular formula is C16H20N2O4S. The average molecular weight is 336 g/mol. The van der Waals surface area contributed by atoms with Gasteiger partial charge in [0.15, 0.2) is 9.84 Å². The van der Waals surface area contributed by atoms with Crippen LogP contribution in [0, 0.1) is 0 Å². The number of para-hydroxylation sites is 1. The summed E-state index contributed by atoms with van der Waals surface area (Å²) in [5.74, 6) is -0.688. The van der Waals surface area contributed by atoms with Crippen LogP contribution in [-0.2, 0) is 19.4 Å². The van der Waals surface area contributed by atoms with Crippen LogP contribution in [0.5, 0.6) is 0 Å². The van der Waals surface area contributed by atoms with Crippen molar-refractivity contribution in [3.63, 3.8) is 0 Å². The smallest absolute Gasteiger partial charge is 0.247 e. The molecule has 1 heterocycles. The Balaban J connectivity index is 2.26. The Hall–Kier alpha value is -2.15. The SMILES string of the molecule is C=CC(=O)N1[C@@H](C)CC[C@H]1C(=O)Nc1ccccc1S(C)(=O)=O. The molecule has 124 valence electrons. The number of hydrogen-bond donors (Lipinski definition) is 1. The van der Waals surface area contributed by atoms with Crippen LogP contribution >= 0.6 is 0 Å². The molecular weight excluding hydrogens is 316 g/mol. The lowest BCUT2D eigenvalue weighted by molar-refractivity contribution is -0.134. The molecule has 2 amide bonds. The fourth-order valence-electron chi connectivity index (χ4n) is 2.83. The van der Waals surface area contributed by atoms with E-state index in [4.69, 9.17) is 0 Å². The number of carbonyl (C=O) groups excluding carboxylic acids is 2. The third kappa shape index (κ3) is 3.61. The topological polar surface area (TPSA) is 83.6 Å². The highest BCUT2D eigenvalue weighted by atomic mass is 32.2. The first kappa shape index (κ1) is 17.2. The largest absolute Gasteiger partial charge is 0.324 e. The number of nitrogens with zero attached hydrogens (tertiary/aromatic N) is 1. The van der Waals surface area contributed by atoms with E-state index in [-0.39, 0.29) is 28.4 Å². The Bertz CT molecular complexity index is 742. The van der Waals surface area contributed by atoms with Crippen molar-refractivity contribution in [2.75, 3.05) is 11.6 Å². The second kappa shape index (κ2) is 6.54. The molecule has 1 aliphatic heterocycles. The van der Waals surface area contributed by atoms with E-state index in [1.54, 1.807) is 12.1 Å². The van der Waals surface area contributed by atoms with Crippen molar-refractivity contribution < 1.29 is 18.0 Å². The van der Waals surface area contributed by atoms with E-state index < -0.39 is 15.9 Å². The van der Waals surface area contributed by atoms with Gasteiger partial charge in [0.2, 0.25) is 11.8 Å². The van der Waals surface area contributed by atoms with Gasteiger partial charge in [-0.1, -0.05) is 18.7 Å². The third-order valence-corrected chi connectivity index (χ3v) is 5.10. The van der Waals surface area contributed by atoms with Gasteiger partial charge in [0.05, 0.1) is 10.6 Å². The summed E-state index contributed by atoms with van der Waals surface area (Å²) in [6, 6.07) is 5.54. The Labute approximate surface area is 136 Å². The van der Waals surface area contributed by atoms with Gasteiger partial charge in [0.1, 0.15) is 6.04 Å². The van der Waals surface area contributed by atoms with Crippen LogP contribution in [0.4, 0.5) is 5.69 Å². The molecule has 1 saturated heterocycles. The fraction of sp³-hybridized carbons (Fsp3) is 0.375.